The van der Waals surface area contributed by atoms with Crippen LogP contribution in [0.3, 0.4) is 0 Å². The van der Waals surface area contributed by atoms with Crippen LogP contribution in [-0.4, -0.2) is 35.0 Å². The Labute approximate surface area is 145 Å². The van der Waals surface area contributed by atoms with Crippen molar-refractivity contribution in [3.05, 3.63) is 23.3 Å². The molecule has 0 aromatic rings. The number of esters is 1. The van der Waals surface area contributed by atoms with Crippen LogP contribution in [0.15, 0.2) is 23.3 Å². The first kappa shape index (κ1) is 19.2. The molecular formula is C20H32O4. The first-order chi connectivity index (χ1) is 11.1. The highest BCUT2D eigenvalue weighted by Gasteiger charge is 2.63. The fourth-order valence-corrected chi connectivity index (χ4v) is 3.64. The minimum atomic E-state index is -0.605. The molecule has 0 aromatic heterocycles. The third kappa shape index (κ3) is 4.28. The number of hydrogen-bond acceptors (Lipinski definition) is 4. The molecule has 0 amide bonds. The van der Waals surface area contributed by atoms with Crippen molar-refractivity contribution < 1.29 is 19.4 Å². The van der Waals surface area contributed by atoms with Gasteiger partial charge in [0, 0.05) is 12.5 Å². The van der Waals surface area contributed by atoms with E-state index in [1.54, 1.807) is 0 Å². The van der Waals surface area contributed by atoms with Gasteiger partial charge in [-0.2, -0.15) is 0 Å². The average molecular weight is 336 g/mol. The largest absolute Gasteiger partial charge is 0.456 e. The smallest absolute Gasteiger partial charge is 0.331 e. The van der Waals surface area contributed by atoms with Gasteiger partial charge in [0.2, 0.25) is 0 Å². The highest BCUT2D eigenvalue weighted by Crippen LogP contribution is 2.47. The number of allylic oxidation sites excluding steroid dienone is 2. The Morgan fingerprint density at radius 3 is 2.71 bits per heavy atom. The Kier molecular flexibility index (Phi) is 5.92. The number of epoxide rings is 1. The Bertz CT molecular complexity index is 530. The van der Waals surface area contributed by atoms with Gasteiger partial charge in [-0.25, -0.2) is 4.79 Å². The third-order valence-electron chi connectivity index (χ3n) is 5.35. The van der Waals surface area contributed by atoms with Crippen LogP contribution in [-0.2, 0) is 14.3 Å². The lowest BCUT2D eigenvalue weighted by Gasteiger charge is -2.29. The molecule has 2 aliphatic rings. The molecule has 2 rings (SSSR count). The van der Waals surface area contributed by atoms with Gasteiger partial charge in [0.05, 0.1) is 6.10 Å². The summed E-state index contributed by atoms with van der Waals surface area (Å²) in [5, 5.41) is 10.8. The first-order valence-electron chi connectivity index (χ1n) is 9.02. The van der Waals surface area contributed by atoms with Crippen LogP contribution in [0.25, 0.3) is 0 Å². The zero-order valence-corrected chi connectivity index (χ0v) is 15.8. The van der Waals surface area contributed by atoms with Crippen molar-refractivity contribution in [2.24, 2.45) is 11.8 Å². The van der Waals surface area contributed by atoms with Gasteiger partial charge in [-0.05, 0) is 52.4 Å². The molecule has 136 valence electrons. The summed E-state index contributed by atoms with van der Waals surface area (Å²) >= 11 is 0. The van der Waals surface area contributed by atoms with E-state index >= 15 is 0 Å². The van der Waals surface area contributed by atoms with Gasteiger partial charge in [0.15, 0.2) is 0 Å². The maximum Gasteiger partial charge on any atom is 0.331 e. The van der Waals surface area contributed by atoms with E-state index in [0.29, 0.717) is 12.3 Å². The lowest BCUT2D eigenvalue weighted by atomic mass is 9.79. The Balaban J connectivity index is 2.23. The van der Waals surface area contributed by atoms with E-state index in [9.17, 15) is 9.90 Å². The van der Waals surface area contributed by atoms with Gasteiger partial charge in [-0.1, -0.05) is 31.1 Å². The van der Waals surface area contributed by atoms with Crippen molar-refractivity contribution in [3.8, 4) is 0 Å². The Morgan fingerprint density at radius 2 is 2.12 bits per heavy atom. The molecule has 5 atom stereocenters. The van der Waals surface area contributed by atoms with E-state index in [1.165, 1.54) is 11.6 Å². The molecule has 1 fully saturated rings. The number of fused-ring (bicyclic) bond motifs is 1. The summed E-state index contributed by atoms with van der Waals surface area (Å²) in [6.45, 7) is 12.1. The molecule has 1 N–H and O–H groups in total. The lowest BCUT2D eigenvalue weighted by molar-refractivity contribution is -0.146. The van der Waals surface area contributed by atoms with Crippen molar-refractivity contribution in [3.63, 3.8) is 0 Å². The fourth-order valence-electron chi connectivity index (χ4n) is 3.64. The zero-order valence-electron chi connectivity index (χ0n) is 15.8. The molecule has 1 aliphatic heterocycles. The van der Waals surface area contributed by atoms with E-state index in [4.69, 9.17) is 9.47 Å². The molecule has 0 bridgehead atoms. The van der Waals surface area contributed by atoms with Crippen molar-refractivity contribution in [2.45, 2.75) is 84.7 Å². The predicted molar refractivity (Wildman–Crippen MR) is 94.5 cm³/mol. The number of carbonyl (C=O) groups is 1. The lowest BCUT2D eigenvalue weighted by Crippen LogP contribution is -2.40. The molecule has 24 heavy (non-hydrogen) atoms. The minimum absolute atomic E-state index is 0.187. The van der Waals surface area contributed by atoms with E-state index in [1.807, 2.05) is 20.8 Å². The number of rotatable bonds is 3. The first-order valence-corrected chi connectivity index (χ1v) is 9.02. The molecule has 0 radical (unpaired) electrons. The molecule has 0 unspecified atom stereocenters. The molecule has 1 heterocycles. The van der Waals surface area contributed by atoms with Crippen molar-refractivity contribution in [2.75, 3.05) is 0 Å². The van der Waals surface area contributed by atoms with Gasteiger partial charge in [-0.3, -0.25) is 0 Å². The molecule has 0 aromatic carbocycles. The molecule has 0 spiro atoms. The molecular weight excluding hydrogens is 304 g/mol. The fraction of sp³-hybridized carbons (Fsp3) is 0.750. The summed E-state index contributed by atoms with van der Waals surface area (Å²) in [5.41, 5.74) is 1.58. The summed E-state index contributed by atoms with van der Waals surface area (Å²) in [5.74, 6) is 0.230. The normalized spacial score (nSPS) is 38.6. The highest BCUT2D eigenvalue weighted by atomic mass is 16.7. The SMILES string of the molecule is CC(C)=CC(=O)O[C@H]1C/C=C(\C)CC[C@@H](C(C)C)[C@@H](O)[C@H]2O[C@]12C. The summed E-state index contributed by atoms with van der Waals surface area (Å²) in [7, 11) is 0. The predicted octanol–water partition coefficient (Wildman–Crippen LogP) is 3.79. The number of ether oxygens (including phenoxy) is 2. The van der Waals surface area contributed by atoms with E-state index < -0.39 is 11.7 Å². The van der Waals surface area contributed by atoms with Crippen molar-refractivity contribution >= 4 is 5.97 Å². The molecule has 0 saturated carbocycles. The monoisotopic (exact) mass is 336 g/mol. The molecule has 4 heteroatoms. The number of carbonyl (C=O) groups excluding carboxylic acids is 1. The Morgan fingerprint density at radius 1 is 1.46 bits per heavy atom. The van der Waals surface area contributed by atoms with Crippen LogP contribution in [0.1, 0.15) is 60.8 Å². The summed E-state index contributed by atoms with van der Waals surface area (Å²) in [6.07, 6.45) is 5.04. The molecule has 1 aliphatic carbocycles. The summed E-state index contributed by atoms with van der Waals surface area (Å²) in [6, 6.07) is 0. The van der Waals surface area contributed by atoms with Gasteiger partial charge >= 0.3 is 5.97 Å². The van der Waals surface area contributed by atoms with Gasteiger partial charge in [-0.15, -0.1) is 0 Å². The van der Waals surface area contributed by atoms with Crippen LogP contribution in [0.2, 0.25) is 0 Å². The third-order valence-corrected chi connectivity index (χ3v) is 5.35. The summed E-state index contributed by atoms with van der Waals surface area (Å²) < 4.78 is 11.6. The number of hydrogen-bond donors (Lipinski definition) is 1. The minimum Gasteiger partial charge on any atom is -0.456 e. The number of aliphatic hydroxyl groups excluding tert-OH is 1. The zero-order chi connectivity index (χ0) is 18.1. The number of aliphatic hydroxyl groups is 1. The van der Waals surface area contributed by atoms with Gasteiger partial charge in [0.1, 0.15) is 17.8 Å². The van der Waals surface area contributed by atoms with Crippen molar-refractivity contribution in [1.82, 2.24) is 0 Å². The second-order valence-electron chi connectivity index (χ2n) is 8.09. The molecule has 1 saturated heterocycles. The highest BCUT2D eigenvalue weighted by molar-refractivity contribution is 5.82. The average Bonchev–Trinajstić information content (AvgIpc) is 3.14. The summed E-state index contributed by atoms with van der Waals surface area (Å²) in [4.78, 5) is 12.1. The molecule has 4 nitrogen and oxygen atoms in total. The standard InChI is InChI=1S/C20H32O4/c1-12(2)11-17(21)23-16-10-8-14(5)7-9-15(13(3)4)18(22)19-20(16,6)24-19/h8,11,13,15-16,18-19,22H,7,9-10H2,1-6H3/b14-8+/t15-,16-,18+,19+,20+/m0/s1. The second-order valence-corrected chi connectivity index (χ2v) is 8.09. The Hall–Kier alpha value is -1.13. The van der Waals surface area contributed by atoms with Crippen LogP contribution < -0.4 is 0 Å². The van der Waals surface area contributed by atoms with E-state index in [0.717, 1.165) is 18.4 Å². The van der Waals surface area contributed by atoms with Crippen LogP contribution >= 0.6 is 0 Å². The second kappa shape index (κ2) is 7.40. The van der Waals surface area contributed by atoms with E-state index in [2.05, 4.69) is 26.8 Å². The van der Waals surface area contributed by atoms with Crippen LogP contribution in [0.5, 0.6) is 0 Å². The van der Waals surface area contributed by atoms with Gasteiger partial charge in [0.25, 0.3) is 0 Å². The van der Waals surface area contributed by atoms with Crippen LogP contribution in [0, 0.1) is 11.8 Å². The van der Waals surface area contributed by atoms with Crippen LogP contribution in [0.4, 0.5) is 0 Å². The maximum atomic E-state index is 12.1. The van der Waals surface area contributed by atoms with E-state index in [-0.39, 0.29) is 24.1 Å². The maximum absolute atomic E-state index is 12.1. The van der Waals surface area contributed by atoms with Crippen molar-refractivity contribution in [1.29, 1.82) is 0 Å². The van der Waals surface area contributed by atoms with Gasteiger partial charge < -0.3 is 14.6 Å². The topological polar surface area (TPSA) is 59.1 Å². The quantitative estimate of drug-likeness (QED) is 0.369.